The third-order valence-electron chi connectivity index (χ3n) is 15.8. The first kappa shape index (κ1) is 96.9. The quantitative estimate of drug-likeness (QED) is 0.0169. The second-order valence-corrected chi connectivity index (χ2v) is 28.4. The van der Waals surface area contributed by atoms with Crippen molar-refractivity contribution in [3.63, 3.8) is 0 Å². The highest BCUT2D eigenvalue weighted by Crippen LogP contribution is 2.45. The molecule has 0 aromatic carbocycles. The number of esters is 4. The maximum Gasteiger partial charge on any atom is 0.472 e. The van der Waals surface area contributed by atoms with Crippen molar-refractivity contribution in [3.8, 4) is 0 Å². The zero-order chi connectivity index (χ0) is 74.6. The molecule has 0 rings (SSSR count). The van der Waals surface area contributed by atoms with E-state index in [2.05, 4.69) is 149 Å². The maximum atomic E-state index is 13.1. The standard InChI is InChI=1S/C83H138O17P2/c1-5-9-13-17-21-25-29-33-37-38-42-44-48-52-56-60-64-68-81(86)94-74-79(100-83(88)70-66-62-58-54-50-46-41-36-32-28-24-20-16-12-8-4)76-98-102(91,92)96-72-77(84)71-95-101(89,90)97-75-78(99-82(87)69-65-61-57-53-49-45-40-35-31-27-23-19-15-11-7-3)73-93-80(85)67-63-59-55-51-47-43-39-34-30-26-22-18-14-10-6-2/h9-11,13-15,21-23,25-27,33-37,39-41,47,51,59,63,77-79,84H,5-8,12,16-20,24,28-32,38,42-46,48-50,52-58,60-62,64-76H2,1-4H3,(H,89,90)(H,91,92)/b13-9-,14-10-,15-11-,25-21-,26-22-,27-23-,37-33-,39-34-,40-35-,41-36-,51-47-,63-59-. The second-order valence-electron chi connectivity index (χ2n) is 25.5. The van der Waals surface area contributed by atoms with Gasteiger partial charge in [0.1, 0.15) is 19.3 Å². The first-order valence-corrected chi connectivity index (χ1v) is 42.1. The normalized spacial score (nSPS) is 14.7. The topological polar surface area (TPSA) is 237 Å². The van der Waals surface area contributed by atoms with Crippen LogP contribution in [0.1, 0.15) is 297 Å². The zero-order valence-electron chi connectivity index (χ0n) is 63.5. The molecule has 0 saturated heterocycles. The van der Waals surface area contributed by atoms with Gasteiger partial charge in [-0.2, -0.15) is 0 Å². The van der Waals surface area contributed by atoms with Gasteiger partial charge in [0.05, 0.1) is 32.8 Å². The molecule has 0 aliphatic rings. The van der Waals surface area contributed by atoms with E-state index in [0.717, 1.165) is 180 Å². The Kier molecular flexibility index (Phi) is 70.5. The molecule has 582 valence electrons. The summed E-state index contributed by atoms with van der Waals surface area (Å²) in [6.07, 6.45) is 84.3. The summed E-state index contributed by atoms with van der Waals surface area (Å²) < 4.78 is 68.4. The van der Waals surface area contributed by atoms with E-state index in [1.165, 1.54) is 38.5 Å². The van der Waals surface area contributed by atoms with Crippen molar-refractivity contribution >= 4 is 39.5 Å². The lowest BCUT2D eigenvalue weighted by Gasteiger charge is -2.21. The molecule has 0 aliphatic heterocycles. The van der Waals surface area contributed by atoms with Crippen LogP contribution in [-0.2, 0) is 65.4 Å². The minimum absolute atomic E-state index is 0.0518. The number of phosphoric ester groups is 2. The number of carbonyl (C=O) groups is 4. The summed E-state index contributed by atoms with van der Waals surface area (Å²) in [6.45, 7) is 4.38. The molecule has 5 atom stereocenters. The fraction of sp³-hybridized carbons (Fsp3) is 0.663. The Morgan fingerprint density at radius 2 is 0.549 bits per heavy atom. The average Bonchev–Trinajstić information content (AvgIpc) is 0.926. The summed E-state index contributed by atoms with van der Waals surface area (Å²) in [5.41, 5.74) is 0. The fourth-order valence-corrected chi connectivity index (χ4v) is 11.5. The van der Waals surface area contributed by atoms with Crippen molar-refractivity contribution in [2.45, 2.75) is 316 Å². The zero-order valence-corrected chi connectivity index (χ0v) is 65.3. The summed E-state index contributed by atoms with van der Waals surface area (Å²) in [6, 6.07) is 0. The molecule has 0 spiro atoms. The molecular weight excluding hydrogens is 1330 g/mol. The lowest BCUT2D eigenvalue weighted by Crippen LogP contribution is -2.30. The second kappa shape index (κ2) is 74.2. The first-order valence-electron chi connectivity index (χ1n) is 39.1. The summed E-state index contributed by atoms with van der Waals surface area (Å²) in [7, 11) is -10.00. The van der Waals surface area contributed by atoms with Crippen LogP contribution in [0.15, 0.2) is 146 Å². The van der Waals surface area contributed by atoms with Gasteiger partial charge in [-0.1, -0.05) is 276 Å². The Hall–Kier alpha value is -5.06. The molecule has 19 heteroatoms. The molecule has 17 nitrogen and oxygen atoms in total. The highest BCUT2D eigenvalue weighted by molar-refractivity contribution is 7.47. The third-order valence-corrected chi connectivity index (χ3v) is 17.7. The lowest BCUT2D eigenvalue weighted by atomic mass is 10.1. The molecule has 3 N–H and O–H groups in total. The Morgan fingerprint density at radius 3 is 0.882 bits per heavy atom. The number of hydrogen-bond acceptors (Lipinski definition) is 15. The van der Waals surface area contributed by atoms with Crippen LogP contribution in [0, 0.1) is 0 Å². The van der Waals surface area contributed by atoms with E-state index < -0.39 is 97.5 Å². The smallest absolute Gasteiger partial charge is 0.462 e. The van der Waals surface area contributed by atoms with E-state index in [1.807, 2.05) is 18.2 Å². The highest BCUT2D eigenvalue weighted by Gasteiger charge is 2.30. The van der Waals surface area contributed by atoms with Crippen molar-refractivity contribution < 1.29 is 80.2 Å². The third kappa shape index (κ3) is 73.3. The number of aliphatic hydroxyl groups is 1. The highest BCUT2D eigenvalue weighted by atomic mass is 31.2. The van der Waals surface area contributed by atoms with E-state index in [9.17, 15) is 43.2 Å². The summed E-state index contributed by atoms with van der Waals surface area (Å²) in [5.74, 6) is -2.36. The Bertz CT molecular complexity index is 2510. The van der Waals surface area contributed by atoms with Crippen molar-refractivity contribution in [1.29, 1.82) is 0 Å². The lowest BCUT2D eigenvalue weighted by molar-refractivity contribution is -0.161. The number of allylic oxidation sites excluding steroid dienone is 23. The van der Waals surface area contributed by atoms with Gasteiger partial charge in [-0.15, -0.1) is 0 Å². The van der Waals surface area contributed by atoms with E-state index in [-0.39, 0.29) is 25.7 Å². The first-order chi connectivity index (χ1) is 49.7. The van der Waals surface area contributed by atoms with Gasteiger partial charge >= 0.3 is 39.5 Å². The van der Waals surface area contributed by atoms with Gasteiger partial charge in [0.25, 0.3) is 0 Å². The number of rotatable bonds is 72. The van der Waals surface area contributed by atoms with E-state index in [4.69, 9.17) is 37.0 Å². The largest absolute Gasteiger partial charge is 0.472 e. The minimum Gasteiger partial charge on any atom is -0.462 e. The van der Waals surface area contributed by atoms with Crippen molar-refractivity contribution in [2.24, 2.45) is 0 Å². The van der Waals surface area contributed by atoms with Gasteiger partial charge < -0.3 is 33.8 Å². The van der Waals surface area contributed by atoms with Crippen LogP contribution in [-0.4, -0.2) is 96.7 Å². The summed E-state index contributed by atoms with van der Waals surface area (Å²) in [5, 5.41) is 10.6. The molecule has 0 amide bonds. The van der Waals surface area contributed by atoms with Crippen molar-refractivity contribution in [3.05, 3.63) is 146 Å². The van der Waals surface area contributed by atoms with Crippen LogP contribution in [0.3, 0.4) is 0 Å². The van der Waals surface area contributed by atoms with Gasteiger partial charge in [-0.3, -0.25) is 37.3 Å². The molecule has 0 saturated carbocycles. The molecule has 0 fully saturated rings. The van der Waals surface area contributed by atoms with Crippen LogP contribution in [0.2, 0.25) is 0 Å². The number of aliphatic hydroxyl groups excluding tert-OH is 1. The van der Waals surface area contributed by atoms with Crippen LogP contribution < -0.4 is 0 Å². The number of carbonyl (C=O) groups excluding carboxylic acids is 4. The Labute approximate surface area is 617 Å². The van der Waals surface area contributed by atoms with E-state index >= 15 is 0 Å². The SMILES string of the molecule is CC/C=C\C/C=C\C/C=C\C/C=C\C/C=C\CC(=O)OCC(COP(=O)(O)OCC(O)COP(=O)(O)OCC(COC(=O)CCCCCCCCC/C=C\C/C=C\C/C=C\CC)OC(=O)CCCCCCC/C=C\CCCCCCCC)OC(=O)CCCCCCC/C=C\C/C=C\C/C=C\CC. The molecule has 0 aromatic heterocycles. The Balaban J connectivity index is 5.45. The minimum atomic E-state index is -5.00. The maximum absolute atomic E-state index is 13.1. The van der Waals surface area contributed by atoms with Crippen molar-refractivity contribution in [1.82, 2.24) is 0 Å². The number of phosphoric acid groups is 2. The molecule has 0 aromatic rings. The fourth-order valence-electron chi connectivity index (χ4n) is 9.96. The summed E-state index contributed by atoms with van der Waals surface area (Å²) >= 11 is 0. The number of ether oxygens (including phenoxy) is 4. The molecule has 0 aliphatic carbocycles. The van der Waals surface area contributed by atoms with Crippen LogP contribution >= 0.6 is 15.6 Å². The van der Waals surface area contributed by atoms with Gasteiger partial charge in [0.15, 0.2) is 12.2 Å². The molecule has 5 unspecified atom stereocenters. The van der Waals surface area contributed by atoms with E-state index in [1.54, 1.807) is 6.08 Å². The molecule has 102 heavy (non-hydrogen) atoms. The monoisotopic (exact) mass is 1470 g/mol. The predicted molar refractivity (Wildman–Crippen MR) is 417 cm³/mol. The van der Waals surface area contributed by atoms with Crippen molar-refractivity contribution in [2.75, 3.05) is 39.6 Å². The van der Waals surface area contributed by atoms with Gasteiger partial charge in [-0.05, 0) is 141 Å². The van der Waals surface area contributed by atoms with Crippen LogP contribution in [0.5, 0.6) is 0 Å². The molecule has 0 heterocycles. The summed E-state index contributed by atoms with van der Waals surface area (Å²) in [4.78, 5) is 72.9. The van der Waals surface area contributed by atoms with Crippen LogP contribution in [0.25, 0.3) is 0 Å². The average molecular weight is 1470 g/mol. The number of unbranched alkanes of at least 4 members (excludes halogenated alkanes) is 23. The van der Waals surface area contributed by atoms with Crippen LogP contribution in [0.4, 0.5) is 0 Å². The predicted octanol–water partition coefficient (Wildman–Crippen LogP) is 22.7. The van der Waals surface area contributed by atoms with Gasteiger partial charge in [0, 0.05) is 19.3 Å². The van der Waals surface area contributed by atoms with Gasteiger partial charge in [0.2, 0.25) is 0 Å². The number of hydrogen-bond donors (Lipinski definition) is 3. The molecule has 0 bridgehead atoms. The molecular formula is C83H138O17P2. The van der Waals surface area contributed by atoms with E-state index in [0.29, 0.717) is 25.7 Å². The Morgan fingerprint density at radius 1 is 0.294 bits per heavy atom. The van der Waals surface area contributed by atoms with Gasteiger partial charge in [-0.25, -0.2) is 9.13 Å². The molecule has 0 radical (unpaired) electrons.